The number of piperidine rings is 1. The van der Waals surface area contributed by atoms with Crippen molar-refractivity contribution in [3.63, 3.8) is 0 Å². The van der Waals surface area contributed by atoms with E-state index in [-0.39, 0.29) is 42.5 Å². The topological polar surface area (TPSA) is 106 Å². The van der Waals surface area contributed by atoms with Gasteiger partial charge in [0.2, 0.25) is 10.0 Å². The summed E-state index contributed by atoms with van der Waals surface area (Å²) in [6.07, 6.45) is 8.98. The van der Waals surface area contributed by atoms with Crippen molar-refractivity contribution in [3.8, 4) is 0 Å². The zero-order valence-corrected chi connectivity index (χ0v) is 16.7. The molecule has 0 unspecified atom stereocenters. The number of aromatic nitrogens is 1. The molecule has 9 heteroatoms. The number of pyridine rings is 1. The molecule has 1 aliphatic carbocycles. The van der Waals surface area contributed by atoms with E-state index in [1.807, 2.05) is 0 Å². The predicted molar refractivity (Wildman–Crippen MR) is 102 cm³/mol. The van der Waals surface area contributed by atoms with Crippen LogP contribution in [0.3, 0.4) is 0 Å². The van der Waals surface area contributed by atoms with E-state index in [1.54, 1.807) is 6.07 Å². The third-order valence-electron chi connectivity index (χ3n) is 5.38. The molecule has 8 nitrogen and oxygen atoms in total. The van der Waals surface area contributed by atoms with Crippen molar-refractivity contribution in [2.24, 2.45) is 5.92 Å². The normalized spacial score (nSPS) is 19.9. The highest BCUT2D eigenvalue weighted by Gasteiger charge is 2.33. The van der Waals surface area contributed by atoms with E-state index in [4.69, 9.17) is 4.74 Å². The molecule has 2 heterocycles. The molecule has 1 saturated carbocycles. The maximum absolute atomic E-state index is 12.6. The van der Waals surface area contributed by atoms with Crippen LogP contribution in [0.15, 0.2) is 29.4 Å². The monoisotopic (exact) mass is 409 g/mol. The Kier molecular flexibility index (Phi) is 7.01. The van der Waals surface area contributed by atoms with Crippen LogP contribution in [0.25, 0.3) is 0 Å². The van der Waals surface area contributed by atoms with Gasteiger partial charge in [-0.05, 0) is 37.8 Å². The highest BCUT2D eigenvalue weighted by Crippen LogP contribution is 2.24. The number of rotatable bonds is 6. The molecule has 0 radical (unpaired) electrons. The quantitative estimate of drug-likeness (QED) is 0.714. The number of hydrogen-bond acceptors (Lipinski definition) is 6. The molecule has 1 N–H and O–H groups in total. The molecule has 1 saturated heterocycles. The lowest BCUT2D eigenvalue weighted by Crippen LogP contribution is -2.42. The van der Waals surface area contributed by atoms with Gasteiger partial charge in [0.05, 0.1) is 5.92 Å². The van der Waals surface area contributed by atoms with Gasteiger partial charge in [-0.1, -0.05) is 19.3 Å². The van der Waals surface area contributed by atoms with Gasteiger partial charge in [0.15, 0.2) is 6.61 Å². The van der Waals surface area contributed by atoms with Gasteiger partial charge >= 0.3 is 5.97 Å². The summed E-state index contributed by atoms with van der Waals surface area (Å²) in [5.74, 6) is -1.09. The summed E-state index contributed by atoms with van der Waals surface area (Å²) < 4.78 is 31.7. The van der Waals surface area contributed by atoms with Crippen molar-refractivity contribution in [1.29, 1.82) is 0 Å². The number of esters is 1. The summed E-state index contributed by atoms with van der Waals surface area (Å²) in [6, 6.07) is 3.27. The summed E-state index contributed by atoms with van der Waals surface area (Å²) in [5, 5.41) is 2.91. The van der Waals surface area contributed by atoms with Gasteiger partial charge in [-0.25, -0.2) is 8.42 Å². The first kappa shape index (κ1) is 20.7. The van der Waals surface area contributed by atoms with Crippen LogP contribution in [-0.2, 0) is 24.3 Å². The van der Waals surface area contributed by atoms with Gasteiger partial charge in [-0.15, -0.1) is 0 Å². The summed E-state index contributed by atoms with van der Waals surface area (Å²) in [6.45, 7) is 0.208. The Bertz CT molecular complexity index is 770. The second-order valence-corrected chi connectivity index (χ2v) is 9.32. The van der Waals surface area contributed by atoms with E-state index in [0.29, 0.717) is 12.8 Å². The summed E-state index contributed by atoms with van der Waals surface area (Å²) in [4.78, 5) is 28.2. The fourth-order valence-electron chi connectivity index (χ4n) is 3.75. The van der Waals surface area contributed by atoms with Crippen LogP contribution >= 0.6 is 0 Å². The Morgan fingerprint density at radius 3 is 2.50 bits per heavy atom. The fourth-order valence-corrected chi connectivity index (χ4v) is 5.19. The highest BCUT2D eigenvalue weighted by atomic mass is 32.2. The Morgan fingerprint density at radius 1 is 1.14 bits per heavy atom. The van der Waals surface area contributed by atoms with E-state index in [9.17, 15) is 18.0 Å². The first-order valence-electron chi connectivity index (χ1n) is 9.83. The van der Waals surface area contributed by atoms with E-state index >= 15 is 0 Å². The van der Waals surface area contributed by atoms with Crippen molar-refractivity contribution >= 4 is 21.9 Å². The third-order valence-corrected chi connectivity index (χ3v) is 7.26. The van der Waals surface area contributed by atoms with Gasteiger partial charge in [0, 0.05) is 31.5 Å². The molecule has 154 valence electrons. The zero-order valence-electron chi connectivity index (χ0n) is 15.9. The molecule has 0 bridgehead atoms. The minimum Gasteiger partial charge on any atom is -0.455 e. The average Bonchev–Trinajstić information content (AvgIpc) is 2.73. The van der Waals surface area contributed by atoms with Crippen LogP contribution in [0.1, 0.15) is 44.9 Å². The van der Waals surface area contributed by atoms with E-state index in [0.717, 1.165) is 25.7 Å². The van der Waals surface area contributed by atoms with Gasteiger partial charge in [0.1, 0.15) is 4.90 Å². The summed E-state index contributed by atoms with van der Waals surface area (Å²) in [7, 11) is -3.60. The summed E-state index contributed by atoms with van der Waals surface area (Å²) in [5.41, 5.74) is 0. The molecule has 1 amide bonds. The first-order chi connectivity index (χ1) is 13.5. The maximum atomic E-state index is 12.6. The largest absolute Gasteiger partial charge is 0.455 e. The van der Waals surface area contributed by atoms with Crippen molar-refractivity contribution < 1.29 is 22.7 Å². The number of nitrogens with one attached hydrogen (secondary N) is 1. The molecule has 1 aromatic heterocycles. The number of hydrogen-bond donors (Lipinski definition) is 1. The van der Waals surface area contributed by atoms with E-state index in [1.165, 1.54) is 29.2 Å². The first-order valence-corrected chi connectivity index (χ1v) is 11.3. The van der Waals surface area contributed by atoms with Crippen molar-refractivity contribution in [3.05, 3.63) is 24.5 Å². The Balaban J connectivity index is 1.43. The molecule has 28 heavy (non-hydrogen) atoms. The lowest BCUT2D eigenvalue weighted by Gasteiger charge is -2.30. The smallest absolute Gasteiger partial charge is 0.309 e. The molecule has 0 aromatic carbocycles. The Labute approximate surface area is 165 Å². The number of ether oxygens (including phenoxy) is 1. The number of sulfonamides is 1. The van der Waals surface area contributed by atoms with Crippen LogP contribution in [0.4, 0.5) is 0 Å². The molecular weight excluding hydrogens is 382 g/mol. The van der Waals surface area contributed by atoms with Crippen LogP contribution < -0.4 is 5.32 Å². The van der Waals surface area contributed by atoms with E-state index in [2.05, 4.69) is 10.3 Å². The molecule has 2 fully saturated rings. The second-order valence-electron chi connectivity index (χ2n) is 7.38. The Morgan fingerprint density at radius 2 is 1.86 bits per heavy atom. The molecule has 1 aromatic rings. The van der Waals surface area contributed by atoms with Crippen molar-refractivity contribution in [2.75, 3.05) is 19.7 Å². The second kappa shape index (κ2) is 9.47. The van der Waals surface area contributed by atoms with E-state index < -0.39 is 16.0 Å². The van der Waals surface area contributed by atoms with Crippen LogP contribution in [0, 0.1) is 5.92 Å². The number of nitrogens with zero attached hydrogens (tertiary/aromatic N) is 2. The molecule has 3 rings (SSSR count). The number of carbonyl (C=O) groups is 2. The summed E-state index contributed by atoms with van der Waals surface area (Å²) >= 11 is 0. The molecule has 0 spiro atoms. The predicted octanol–water partition coefficient (Wildman–Crippen LogP) is 1.47. The highest BCUT2D eigenvalue weighted by molar-refractivity contribution is 7.89. The average molecular weight is 410 g/mol. The Hall–Kier alpha value is -2.00. The molecule has 0 atom stereocenters. The van der Waals surface area contributed by atoms with Gasteiger partial charge in [-0.2, -0.15) is 4.31 Å². The minimum atomic E-state index is -3.60. The maximum Gasteiger partial charge on any atom is 0.309 e. The van der Waals surface area contributed by atoms with Crippen molar-refractivity contribution in [2.45, 2.75) is 55.9 Å². The standard InChI is InChI=1S/C19H27N3O5S/c23-18(21-16-5-2-1-3-6-16)14-27-19(24)15-8-11-22(12-9-15)28(25,26)17-7-4-10-20-13-17/h4,7,10,13,15-16H,1-3,5-6,8-9,11-12,14H2,(H,21,23). The number of amides is 1. The molecule has 2 aliphatic rings. The zero-order chi connectivity index (χ0) is 20.0. The van der Waals surface area contributed by atoms with Gasteiger partial charge in [-0.3, -0.25) is 14.6 Å². The lowest BCUT2D eigenvalue weighted by molar-refractivity contribution is -0.153. The van der Waals surface area contributed by atoms with Crippen LogP contribution in [0.2, 0.25) is 0 Å². The molecular formula is C19H27N3O5S. The van der Waals surface area contributed by atoms with Crippen LogP contribution in [0.5, 0.6) is 0 Å². The SMILES string of the molecule is O=C(COC(=O)C1CCN(S(=O)(=O)c2cccnc2)CC1)NC1CCCCC1. The fraction of sp³-hybridized carbons (Fsp3) is 0.632. The third kappa shape index (κ3) is 5.29. The van der Waals surface area contributed by atoms with Gasteiger partial charge < -0.3 is 10.1 Å². The van der Waals surface area contributed by atoms with Crippen LogP contribution in [-0.4, -0.2) is 55.3 Å². The lowest BCUT2D eigenvalue weighted by atomic mass is 9.95. The van der Waals surface area contributed by atoms with Crippen molar-refractivity contribution in [1.82, 2.24) is 14.6 Å². The molecule has 1 aliphatic heterocycles. The number of carbonyl (C=O) groups excluding carboxylic acids is 2. The minimum absolute atomic E-state index is 0.149. The van der Waals surface area contributed by atoms with Gasteiger partial charge in [0.25, 0.3) is 5.91 Å².